The maximum absolute atomic E-state index is 3.60. The molecule has 0 fully saturated rings. The molecule has 40 valence electrons. The van der Waals surface area contributed by atoms with Crippen LogP contribution in [0, 0.1) is 6.07 Å². The molecule has 1 heteroatoms. The van der Waals surface area contributed by atoms with Gasteiger partial charge in [0.05, 0.1) is 0 Å². The Bertz CT molecular complexity index is 167. The summed E-state index contributed by atoms with van der Waals surface area (Å²) in [4.78, 5) is 0. The summed E-state index contributed by atoms with van der Waals surface area (Å²) < 4.78 is 0. The predicted octanol–water partition coefficient (Wildman–Crippen LogP) is -0.866. The first-order valence-corrected chi connectivity index (χ1v) is 2.52. The fraction of sp³-hybridized carbons (Fsp3) is 0. The Morgan fingerprint density at radius 1 is 1.44 bits per heavy atom. The van der Waals surface area contributed by atoms with Crippen LogP contribution in [0.15, 0.2) is 30.8 Å². The van der Waals surface area contributed by atoms with Gasteiger partial charge in [0.1, 0.15) is 0 Å². The van der Waals surface area contributed by atoms with Crippen molar-refractivity contribution in [3.8, 4) is 0 Å². The van der Waals surface area contributed by atoms with Crippen LogP contribution in [0.25, 0.3) is 6.08 Å². The second-order valence-electron chi connectivity index (χ2n) is 1.52. The van der Waals surface area contributed by atoms with E-state index in [4.69, 9.17) is 0 Å². The maximum atomic E-state index is 3.60. The Balaban J connectivity index is 0.000000640. The Hall–Kier alpha value is -0.443. The van der Waals surface area contributed by atoms with E-state index in [2.05, 4.69) is 12.6 Å². The first kappa shape index (κ1) is 8.56. The fourth-order valence-corrected chi connectivity index (χ4v) is 0.534. The van der Waals surface area contributed by atoms with E-state index in [0.717, 1.165) is 5.56 Å². The third kappa shape index (κ3) is 2.56. The normalized spacial score (nSPS) is 7.56. The Kier molecular flexibility index (Phi) is 4.22. The fourth-order valence-electron chi connectivity index (χ4n) is 0.534. The summed E-state index contributed by atoms with van der Waals surface area (Å²) in [5.74, 6) is 0. The van der Waals surface area contributed by atoms with Crippen molar-refractivity contribution in [1.29, 1.82) is 0 Å². The quantitative estimate of drug-likeness (QED) is 0.326. The van der Waals surface area contributed by atoms with Crippen molar-refractivity contribution in [2.45, 2.75) is 0 Å². The topological polar surface area (TPSA) is 0 Å². The first-order valence-electron chi connectivity index (χ1n) is 2.52. The van der Waals surface area contributed by atoms with Crippen molar-refractivity contribution < 1.29 is 18.9 Å². The van der Waals surface area contributed by atoms with Crippen molar-refractivity contribution in [3.63, 3.8) is 0 Å². The SMILES string of the molecule is C=Cc1[c-]cccc1.[Li+]. The predicted molar refractivity (Wildman–Crippen MR) is 35.4 cm³/mol. The van der Waals surface area contributed by atoms with Crippen molar-refractivity contribution >= 4 is 6.08 Å². The van der Waals surface area contributed by atoms with Gasteiger partial charge in [0, 0.05) is 0 Å². The standard InChI is InChI=1S/C8H7.Li/c1-2-8-6-4-3-5-7-8;/h2-6H,1H2;/q-1;+1. The zero-order chi connectivity index (χ0) is 5.82. The summed E-state index contributed by atoms with van der Waals surface area (Å²) in [6.07, 6.45) is 1.78. The molecule has 1 aromatic carbocycles. The van der Waals surface area contributed by atoms with E-state index >= 15 is 0 Å². The summed E-state index contributed by atoms with van der Waals surface area (Å²) in [5.41, 5.74) is 1.05. The molecular formula is C8H7Li. The van der Waals surface area contributed by atoms with Crippen LogP contribution in [0.5, 0.6) is 0 Å². The largest absolute Gasteiger partial charge is 1.00 e. The van der Waals surface area contributed by atoms with Crippen molar-refractivity contribution in [1.82, 2.24) is 0 Å². The molecule has 0 radical (unpaired) electrons. The molecule has 0 aliphatic heterocycles. The molecule has 0 nitrogen and oxygen atoms in total. The van der Waals surface area contributed by atoms with Gasteiger partial charge in [-0.15, -0.1) is 43.0 Å². The van der Waals surface area contributed by atoms with Gasteiger partial charge in [-0.3, -0.25) is 0 Å². The van der Waals surface area contributed by atoms with Gasteiger partial charge in [-0.05, 0) is 0 Å². The van der Waals surface area contributed by atoms with Gasteiger partial charge in [0.25, 0.3) is 0 Å². The number of hydrogen-bond donors (Lipinski definition) is 0. The Morgan fingerprint density at radius 2 is 2.22 bits per heavy atom. The minimum Gasteiger partial charge on any atom is -0.151 e. The van der Waals surface area contributed by atoms with Crippen molar-refractivity contribution in [3.05, 3.63) is 42.5 Å². The van der Waals surface area contributed by atoms with E-state index < -0.39 is 0 Å². The summed E-state index contributed by atoms with van der Waals surface area (Å²) in [5, 5.41) is 0. The Labute approximate surface area is 67.8 Å². The zero-order valence-corrected chi connectivity index (χ0v) is 5.59. The van der Waals surface area contributed by atoms with Crippen molar-refractivity contribution in [2.75, 3.05) is 0 Å². The van der Waals surface area contributed by atoms with E-state index in [1.54, 1.807) is 6.08 Å². The summed E-state index contributed by atoms with van der Waals surface area (Å²) in [6.45, 7) is 3.60. The van der Waals surface area contributed by atoms with Gasteiger partial charge in [-0.1, -0.05) is 0 Å². The second-order valence-corrected chi connectivity index (χ2v) is 1.52. The van der Waals surface area contributed by atoms with Crippen LogP contribution in [0.2, 0.25) is 0 Å². The molecule has 9 heavy (non-hydrogen) atoms. The number of rotatable bonds is 1. The molecule has 1 rings (SSSR count). The zero-order valence-electron chi connectivity index (χ0n) is 5.59. The van der Waals surface area contributed by atoms with E-state index in [9.17, 15) is 0 Å². The summed E-state index contributed by atoms with van der Waals surface area (Å²) >= 11 is 0. The Morgan fingerprint density at radius 3 is 2.56 bits per heavy atom. The van der Waals surface area contributed by atoms with Gasteiger partial charge in [0.15, 0.2) is 0 Å². The molecule has 0 spiro atoms. The van der Waals surface area contributed by atoms with Crippen LogP contribution in [-0.2, 0) is 0 Å². The van der Waals surface area contributed by atoms with Gasteiger partial charge in [0.2, 0.25) is 0 Å². The third-order valence-electron chi connectivity index (χ3n) is 0.953. The van der Waals surface area contributed by atoms with E-state index in [1.165, 1.54) is 0 Å². The molecule has 0 N–H and O–H groups in total. The third-order valence-corrected chi connectivity index (χ3v) is 0.953. The van der Waals surface area contributed by atoms with Crippen LogP contribution in [0.1, 0.15) is 5.56 Å². The van der Waals surface area contributed by atoms with E-state index in [0.29, 0.717) is 0 Å². The maximum Gasteiger partial charge on any atom is 1.00 e. The van der Waals surface area contributed by atoms with Crippen LogP contribution in [-0.4, -0.2) is 0 Å². The molecule has 0 unspecified atom stereocenters. The van der Waals surface area contributed by atoms with Crippen LogP contribution < -0.4 is 18.9 Å². The molecule has 0 bridgehead atoms. The van der Waals surface area contributed by atoms with Crippen molar-refractivity contribution in [2.24, 2.45) is 0 Å². The first-order chi connectivity index (χ1) is 3.93. The van der Waals surface area contributed by atoms with E-state index in [-0.39, 0.29) is 18.9 Å². The van der Waals surface area contributed by atoms with Crippen LogP contribution in [0.4, 0.5) is 0 Å². The molecule has 1 aromatic rings. The minimum atomic E-state index is 0. The average molecular weight is 110 g/mol. The molecule has 0 saturated carbocycles. The number of benzene rings is 1. The van der Waals surface area contributed by atoms with Crippen LogP contribution >= 0.6 is 0 Å². The molecule has 0 aliphatic rings. The minimum absolute atomic E-state index is 0. The molecular weight excluding hydrogens is 103 g/mol. The monoisotopic (exact) mass is 110 g/mol. The van der Waals surface area contributed by atoms with Gasteiger partial charge < -0.3 is 0 Å². The average Bonchev–Trinajstić information content (AvgIpc) is 1.90. The molecule has 0 aliphatic carbocycles. The molecule has 0 atom stereocenters. The second kappa shape index (κ2) is 4.44. The molecule has 0 heterocycles. The molecule has 0 amide bonds. The summed E-state index contributed by atoms with van der Waals surface area (Å²) in [7, 11) is 0. The van der Waals surface area contributed by atoms with Gasteiger partial charge in [-0.25, -0.2) is 0 Å². The molecule has 0 aromatic heterocycles. The van der Waals surface area contributed by atoms with E-state index in [1.807, 2.05) is 24.3 Å². The van der Waals surface area contributed by atoms with Gasteiger partial charge >= 0.3 is 18.9 Å². The molecule has 0 saturated heterocycles. The number of hydrogen-bond acceptors (Lipinski definition) is 0. The summed E-state index contributed by atoms with van der Waals surface area (Å²) in [6, 6.07) is 10.7. The van der Waals surface area contributed by atoms with Crippen LogP contribution in [0.3, 0.4) is 0 Å². The van der Waals surface area contributed by atoms with Gasteiger partial charge in [-0.2, -0.15) is 5.56 Å². The smallest absolute Gasteiger partial charge is 0.151 e.